The van der Waals surface area contributed by atoms with Gasteiger partial charge in [-0.1, -0.05) is 75.2 Å². The van der Waals surface area contributed by atoms with Gasteiger partial charge in [0.05, 0.1) is 0 Å². The molecule has 0 N–H and O–H groups in total. The van der Waals surface area contributed by atoms with E-state index in [1.807, 2.05) is 30.3 Å². The second-order valence-corrected chi connectivity index (χ2v) is 7.09. The summed E-state index contributed by atoms with van der Waals surface area (Å²) in [4.78, 5) is 15.5. The third-order valence-corrected chi connectivity index (χ3v) is 4.93. The zero-order valence-electron chi connectivity index (χ0n) is 13.3. The van der Waals surface area contributed by atoms with Gasteiger partial charge in [0.15, 0.2) is 0 Å². The fourth-order valence-corrected chi connectivity index (χ4v) is 3.38. The molecular formula is C20H16BrClN2O. The quantitative estimate of drug-likeness (QED) is 0.339. The molecule has 1 heterocycles. The van der Waals surface area contributed by atoms with E-state index in [1.54, 1.807) is 18.3 Å². The topological polar surface area (TPSA) is 42.3 Å². The third-order valence-electron chi connectivity index (χ3n) is 4.20. The smallest absolute Gasteiger partial charge is 0.129 e. The van der Waals surface area contributed by atoms with Crippen molar-refractivity contribution < 1.29 is 0 Å². The van der Waals surface area contributed by atoms with Crippen molar-refractivity contribution in [3.8, 4) is 0 Å². The Kier molecular flexibility index (Phi) is 5.95. The summed E-state index contributed by atoms with van der Waals surface area (Å²) in [5.41, 5.74) is 3.08. The van der Waals surface area contributed by atoms with Crippen LogP contribution in [0.5, 0.6) is 0 Å². The van der Waals surface area contributed by atoms with Crippen LogP contribution in [0.25, 0.3) is 0 Å². The average Bonchev–Trinajstić information content (AvgIpc) is 2.64. The molecular weight excluding hydrogens is 400 g/mol. The fraction of sp³-hybridized carbons (Fsp3) is 0.150. The van der Waals surface area contributed by atoms with Crippen molar-refractivity contribution >= 4 is 27.5 Å². The highest BCUT2D eigenvalue weighted by Crippen LogP contribution is 2.36. The van der Waals surface area contributed by atoms with Gasteiger partial charge in [0.25, 0.3) is 0 Å². The van der Waals surface area contributed by atoms with Crippen molar-refractivity contribution in [2.75, 3.05) is 0 Å². The Hall–Kier alpha value is -2.04. The molecule has 0 aliphatic heterocycles. The van der Waals surface area contributed by atoms with Crippen molar-refractivity contribution in [1.29, 1.82) is 0 Å². The van der Waals surface area contributed by atoms with Gasteiger partial charge < -0.3 is 0 Å². The first-order chi connectivity index (χ1) is 12.2. The van der Waals surface area contributed by atoms with Crippen molar-refractivity contribution in [1.82, 2.24) is 4.98 Å². The maximum Gasteiger partial charge on any atom is 0.129 e. The van der Waals surface area contributed by atoms with Crippen LogP contribution in [0.4, 0.5) is 0 Å². The van der Waals surface area contributed by atoms with Gasteiger partial charge in [-0.2, -0.15) is 4.91 Å². The number of hydrogen-bond donors (Lipinski definition) is 0. The van der Waals surface area contributed by atoms with Crippen molar-refractivity contribution in [2.24, 2.45) is 5.18 Å². The number of rotatable bonds is 6. The number of pyridine rings is 1. The number of halogens is 2. The van der Waals surface area contributed by atoms with Crippen molar-refractivity contribution in [3.05, 3.63) is 104 Å². The molecule has 126 valence electrons. The Labute approximate surface area is 160 Å². The van der Waals surface area contributed by atoms with Crippen LogP contribution in [0.3, 0.4) is 0 Å². The van der Waals surface area contributed by atoms with Crippen LogP contribution in [-0.2, 0) is 0 Å². The molecule has 0 radical (unpaired) electrons. The van der Waals surface area contributed by atoms with E-state index in [-0.39, 0.29) is 5.92 Å². The van der Waals surface area contributed by atoms with E-state index >= 15 is 0 Å². The number of nitrogens with zero attached hydrogens (tertiary/aromatic N) is 2. The number of aromatic nitrogens is 1. The largest absolute Gasteiger partial charge is 0.245 e. The lowest BCUT2D eigenvalue weighted by Gasteiger charge is -2.21. The molecule has 3 aromatic rings. The molecule has 2 atom stereocenters. The lowest BCUT2D eigenvalue weighted by molar-refractivity contribution is 0.594. The first-order valence-corrected chi connectivity index (χ1v) is 9.09. The lowest BCUT2D eigenvalue weighted by atomic mass is 9.84. The van der Waals surface area contributed by atoms with Gasteiger partial charge in [-0.05, 0) is 47.4 Å². The van der Waals surface area contributed by atoms with Crippen LogP contribution >= 0.6 is 27.5 Å². The second-order valence-electron chi connectivity index (χ2n) is 5.78. The molecule has 3 rings (SSSR count). The summed E-state index contributed by atoms with van der Waals surface area (Å²) in [6.45, 7) is 0. The Bertz CT molecular complexity index is 840. The zero-order chi connectivity index (χ0) is 17.6. The van der Waals surface area contributed by atoms with E-state index in [9.17, 15) is 4.91 Å². The van der Waals surface area contributed by atoms with E-state index < -0.39 is 6.04 Å². The molecule has 3 nitrogen and oxygen atoms in total. The predicted molar refractivity (Wildman–Crippen MR) is 105 cm³/mol. The summed E-state index contributed by atoms with van der Waals surface area (Å²) in [6.07, 6.45) is 2.17. The van der Waals surface area contributed by atoms with Crippen LogP contribution in [0.15, 0.2) is 82.6 Å². The van der Waals surface area contributed by atoms with Gasteiger partial charge in [0.1, 0.15) is 11.2 Å². The van der Waals surface area contributed by atoms with E-state index in [4.69, 9.17) is 11.6 Å². The Morgan fingerprint density at radius 2 is 1.64 bits per heavy atom. The van der Waals surface area contributed by atoms with Gasteiger partial charge in [0, 0.05) is 16.6 Å². The van der Waals surface area contributed by atoms with Crippen LogP contribution in [0.1, 0.15) is 35.1 Å². The third kappa shape index (κ3) is 4.53. The summed E-state index contributed by atoms with van der Waals surface area (Å²) in [6, 6.07) is 21.3. The maximum absolute atomic E-state index is 11.5. The Morgan fingerprint density at radius 1 is 0.960 bits per heavy atom. The summed E-state index contributed by atoms with van der Waals surface area (Å²) in [5, 5.41) is 3.73. The summed E-state index contributed by atoms with van der Waals surface area (Å²) in [7, 11) is 0. The van der Waals surface area contributed by atoms with Gasteiger partial charge in [0.2, 0.25) is 0 Å². The second kappa shape index (κ2) is 8.37. The standard InChI is InChI=1S/C20H16BrClN2O/c21-17-8-6-15(7-9-17)18(14-4-2-1-3-5-14)13-19(24-25)16-10-11-23-20(22)12-16/h1-12,18-19H,13H2. The molecule has 0 aliphatic carbocycles. The monoisotopic (exact) mass is 414 g/mol. The lowest BCUT2D eigenvalue weighted by Crippen LogP contribution is -2.07. The molecule has 0 saturated carbocycles. The highest BCUT2D eigenvalue weighted by atomic mass is 79.9. The molecule has 25 heavy (non-hydrogen) atoms. The van der Waals surface area contributed by atoms with Gasteiger partial charge >= 0.3 is 0 Å². The van der Waals surface area contributed by atoms with Crippen LogP contribution < -0.4 is 0 Å². The maximum atomic E-state index is 11.5. The normalized spacial score (nSPS) is 13.2. The summed E-state index contributed by atoms with van der Waals surface area (Å²) >= 11 is 9.44. The fourth-order valence-electron chi connectivity index (χ4n) is 2.93. The Morgan fingerprint density at radius 3 is 2.28 bits per heavy atom. The predicted octanol–water partition coefficient (Wildman–Crippen LogP) is 6.53. The summed E-state index contributed by atoms with van der Waals surface area (Å²) < 4.78 is 1.02. The van der Waals surface area contributed by atoms with Crippen LogP contribution in [-0.4, -0.2) is 4.98 Å². The average molecular weight is 416 g/mol. The molecule has 0 saturated heterocycles. The van der Waals surface area contributed by atoms with Gasteiger partial charge in [-0.3, -0.25) is 0 Å². The van der Waals surface area contributed by atoms with Crippen molar-refractivity contribution in [2.45, 2.75) is 18.4 Å². The molecule has 0 amide bonds. The first kappa shape index (κ1) is 17.8. The van der Waals surface area contributed by atoms with Gasteiger partial charge in [-0.25, -0.2) is 4.98 Å². The molecule has 5 heteroatoms. The molecule has 2 unspecified atom stereocenters. The molecule has 0 aliphatic rings. The van der Waals surface area contributed by atoms with E-state index in [0.717, 1.165) is 21.2 Å². The molecule has 1 aromatic heterocycles. The minimum atomic E-state index is -0.491. The zero-order valence-corrected chi connectivity index (χ0v) is 15.7. The SMILES string of the molecule is O=NC(CC(c1ccccc1)c1ccc(Br)cc1)c1ccnc(Cl)c1. The molecule has 2 aromatic carbocycles. The van der Waals surface area contributed by atoms with Crippen LogP contribution in [0, 0.1) is 4.91 Å². The van der Waals surface area contributed by atoms with Gasteiger partial charge in [-0.15, -0.1) is 0 Å². The van der Waals surface area contributed by atoms with E-state index in [2.05, 4.69) is 50.4 Å². The number of nitroso groups, excluding NO2 is 1. The minimum Gasteiger partial charge on any atom is -0.245 e. The number of hydrogen-bond acceptors (Lipinski definition) is 3. The minimum absolute atomic E-state index is 0.0592. The first-order valence-electron chi connectivity index (χ1n) is 7.91. The van der Waals surface area contributed by atoms with Crippen molar-refractivity contribution in [3.63, 3.8) is 0 Å². The highest BCUT2D eigenvalue weighted by molar-refractivity contribution is 9.10. The van der Waals surface area contributed by atoms with Crippen LogP contribution in [0.2, 0.25) is 5.15 Å². The Balaban J connectivity index is 1.96. The molecule has 0 fully saturated rings. The van der Waals surface area contributed by atoms with E-state index in [1.165, 1.54) is 0 Å². The highest BCUT2D eigenvalue weighted by Gasteiger charge is 2.22. The van der Waals surface area contributed by atoms with E-state index in [0.29, 0.717) is 11.6 Å². The number of benzene rings is 2. The summed E-state index contributed by atoms with van der Waals surface area (Å²) in [5.74, 6) is 0.0592. The molecule has 0 spiro atoms. The molecule has 0 bridgehead atoms.